The summed E-state index contributed by atoms with van der Waals surface area (Å²) in [5.74, 6) is 0.897. The molecular formula is C15H18N4. The molecule has 3 aromatic rings. The van der Waals surface area contributed by atoms with E-state index in [1.165, 1.54) is 11.1 Å². The lowest BCUT2D eigenvalue weighted by molar-refractivity contribution is 0.590. The average Bonchev–Trinajstić information content (AvgIpc) is 2.94. The molecule has 0 radical (unpaired) electrons. The first kappa shape index (κ1) is 12.0. The Morgan fingerprint density at radius 1 is 1.26 bits per heavy atom. The van der Waals surface area contributed by atoms with Gasteiger partial charge in [-0.1, -0.05) is 20.8 Å². The summed E-state index contributed by atoms with van der Waals surface area (Å²) in [5, 5.41) is 7.21. The van der Waals surface area contributed by atoms with Crippen LogP contribution < -0.4 is 0 Å². The van der Waals surface area contributed by atoms with Gasteiger partial charge in [-0.05, 0) is 36.1 Å². The fraction of sp³-hybridized carbons (Fsp3) is 0.333. The zero-order valence-corrected chi connectivity index (χ0v) is 11.7. The number of hydrogen-bond acceptors (Lipinski definition) is 2. The summed E-state index contributed by atoms with van der Waals surface area (Å²) < 4.78 is 2.12. The van der Waals surface area contributed by atoms with E-state index < -0.39 is 0 Å². The van der Waals surface area contributed by atoms with Crippen LogP contribution >= 0.6 is 0 Å². The predicted octanol–water partition coefficient (Wildman–Crippen LogP) is 3.33. The summed E-state index contributed by atoms with van der Waals surface area (Å²) in [6.07, 6.45) is 4.02. The first-order valence-electron chi connectivity index (χ1n) is 6.46. The molecule has 4 nitrogen and oxygen atoms in total. The van der Waals surface area contributed by atoms with Crippen molar-refractivity contribution >= 4 is 5.52 Å². The molecule has 0 spiro atoms. The van der Waals surface area contributed by atoms with Crippen LogP contribution in [0.1, 0.15) is 32.0 Å². The number of H-pyrrole nitrogens is 1. The number of aryl methyl sites for hydroxylation is 1. The molecule has 0 aliphatic carbocycles. The van der Waals surface area contributed by atoms with Crippen LogP contribution in [0.25, 0.3) is 17.0 Å². The lowest BCUT2D eigenvalue weighted by Crippen LogP contribution is -2.14. The summed E-state index contributed by atoms with van der Waals surface area (Å²) in [5.41, 5.74) is 4.44. The van der Waals surface area contributed by atoms with E-state index in [1.807, 2.05) is 25.4 Å². The first-order valence-corrected chi connectivity index (χ1v) is 6.46. The van der Waals surface area contributed by atoms with Gasteiger partial charge >= 0.3 is 0 Å². The summed E-state index contributed by atoms with van der Waals surface area (Å²) in [6.45, 7) is 8.58. The molecule has 0 aliphatic rings. The van der Waals surface area contributed by atoms with E-state index >= 15 is 0 Å². The van der Waals surface area contributed by atoms with Crippen molar-refractivity contribution in [1.82, 2.24) is 19.6 Å². The van der Waals surface area contributed by atoms with E-state index in [4.69, 9.17) is 0 Å². The molecule has 4 heteroatoms. The van der Waals surface area contributed by atoms with E-state index in [1.54, 1.807) is 0 Å². The third-order valence-electron chi connectivity index (χ3n) is 3.32. The van der Waals surface area contributed by atoms with Crippen LogP contribution in [-0.2, 0) is 5.41 Å². The van der Waals surface area contributed by atoms with Gasteiger partial charge in [0.05, 0.1) is 11.2 Å². The molecule has 0 saturated carbocycles. The van der Waals surface area contributed by atoms with Crippen LogP contribution in [0.5, 0.6) is 0 Å². The fourth-order valence-electron chi connectivity index (χ4n) is 2.35. The van der Waals surface area contributed by atoms with Crippen molar-refractivity contribution in [2.75, 3.05) is 0 Å². The summed E-state index contributed by atoms with van der Waals surface area (Å²) in [4.78, 5) is 4.62. The van der Waals surface area contributed by atoms with Crippen LogP contribution in [0.2, 0.25) is 0 Å². The highest BCUT2D eigenvalue weighted by Gasteiger charge is 2.19. The molecule has 0 atom stereocenters. The number of nitrogens with one attached hydrogen (secondary N) is 1. The Labute approximate surface area is 112 Å². The average molecular weight is 254 g/mol. The first-order chi connectivity index (χ1) is 8.97. The molecule has 0 unspecified atom stereocenters. The topological polar surface area (TPSA) is 46.0 Å². The molecule has 3 aromatic heterocycles. The Morgan fingerprint density at radius 2 is 2.05 bits per heavy atom. The Hall–Kier alpha value is -2.10. The van der Waals surface area contributed by atoms with Gasteiger partial charge in [0.25, 0.3) is 0 Å². The highest BCUT2D eigenvalue weighted by atomic mass is 15.1. The number of hydrogen-bond donors (Lipinski definition) is 1. The maximum absolute atomic E-state index is 4.62. The van der Waals surface area contributed by atoms with E-state index in [2.05, 4.69) is 52.5 Å². The maximum Gasteiger partial charge on any atom is 0.162 e. The third kappa shape index (κ3) is 1.93. The Balaban J connectivity index is 2.27. The second-order valence-electron chi connectivity index (χ2n) is 5.93. The van der Waals surface area contributed by atoms with Crippen LogP contribution in [0.15, 0.2) is 30.6 Å². The fourth-order valence-corrected chi connectivity index (χ4v) is 2.35. The van der Waals surface area contributed by atoms with Crippen molar-refractivity contribution in [2.45, 2.75) is 33.1 Å². The van der Waals surface area contributed by atoms with Gasteiger partial charge in [-0.2, -0.15) is 5.10 Å². The minimum Gasteiger partial charge on any atom is -0.300 e. The normalized spacial score (nSPS) is 12.2. The standard InChI is InChI=1S/C15H18N4/c1-10-8-12(18-17-10)14-16-9-11(15(2,3)4)13-6-5-7-19(13)14/h5-9H,1-4H3,(H,17,18). The molecule has 3 rings (SSSR count). The SMILES string of the molecule is Cc1cc(-c2ncc(C(C)(C)C)c3cccn23)[nH]n1. The molecule has 98 valence electrons. The van der Waals surface area contributed by atoms with Gasteiger partial charge in [-0.3, -0.25) is 9.50 Å². The predicted molar refractivity (Wildman–Crippen MR) is 76.2 cm³/mol. The summed E-state index contributed by atoms with van der Waals surface area (Å²) >= 11 is 0. The van der Waals surface area contributed by atoms with Gasteiger partial charge in [0.1, 0.15) is 5.69 Å². The third-order valence-corrected chi connectivity index (χ3v) is 3.32. The van der Waals surface area contributed by atoms with Gasteiger partial charge in [0.15, 0.2) is 5.82 Å². The molecule has 19 heavy (non-hydrogen) atoms. The van der Waals surface area contributed by atoms with Crippen molar-refractivity contribution < 1.29 is 0 Å². The molecule has 0 bridgehead atoms. The summed E-state index contributed by atoms with van der Waals surface area (Å²) in [7, 11) is 0. The Bertz CT molecular complexity index is 728. The Kier molecular flexibility index (Phi) is 2.49. The largest absolute Gasteiger partial charge is 0.300 e. The number of fused-ring (bicyclic) bond motifs is 1. The van der Waals surface area contributed by atoms with E-state index in [9.17, 15) is 0 Å². The van der Waals surface area contributed by atoms with Crippen LogP contribution in [-0.4, -0.2) is 19.6 Å². The van der Waals surface area contributed by atoms with E-state index in [0.717, 1.165) is 17.2 Å². The highest BCUT2D eigenvalue weighted by Crippen LogP contribution is 2.28. The van der Waals surface area contributed by atoms with Crippen LogP contribution in [0.3, 0.4) is 0 Å². The maximum atomic E-state index is 4.62. The van der Waals surface area contributed by atoms with Gasteiger partial charge < -0.3 is 0 Å². The van der Waals surface area contributed by atoms with E-state index in [0.29, 0.717) is 0 Å². The lowest BCUT2D eigenvalue weighted by Gasteiger charge is -2.20. The van der Waals surface area contributed by atoms with Crippen LogP contribution in [0, 0.1) is 6.92 Å². The van der Waals surface area contributed by atoms with Gasteiger partial charge in [-0.15, -0.1) is 0 Å². The number of aromatic amines is 1. The van der Waals surface area contributed by atoms with Crippen LogP contribution in [0.4, 0.5) is 0 Å². The van der Waals surface area contributed by atoms with Gasteiger partial charge in [0.2, 0.25) is 0 Å². The number of nitrogens with zero attached hydrogens (tertiary/aromatic N) is 3. The smallest absolute Gasteiger partial charge is 0.162 e. The molecular weight excluding hydrogens is 236 g/mol. The molecule has 0 aromatic carbocycles. The molecule has 0 saturated heterocycles. The zero-order chi connectivity index (χ0) is 13.6. The van der Waals surface area contributed by atoms with Gasteiger partial charge in [-0.25, -0.2) is 4.98 Å². The van der Waals surface area contributed by atoms with Crippen molar-refractivity contribution in [1.29, 1.82) is 0 Å². The minimum atomic E-state index is 0.0784. The van der Waals surface area contributed by atoms with Crippen molar-refractivity contribution in [3.05, 3.63) is 41.9 Å². The second kappa shape index (κ2) is 3.95. The molecule has 0 amide bonds. The number of rotatable bonds is 1. The van der Waals surface area contributed by atoms with Crippen molar-refractivity contribution in [2.24, 2.45) is 0 Å². The highest BCUT2D eigenvalue weighted by molar-refractivity contribution is 5.64. The quantitative estimate of drug-likeness (QED) is 0.724. The zero-order valence-electron chi connectivity index (χ0n) is 11.7. The van der Waals surface area contributed by atoms with Gasteiger partial charge in [0, 0.05) is 12.4 Å². The Morgan fingerprint density at radius 3 is 2.68 bits per heavy atom. The summed E-state index contributed by atoms with van der Waals surface area (Å²) in [6, 6.07) is 6.20. The molecule has 0 fully saturated rings. The lowest BCUT2D eigenvalue weighted by atomic mass is 9.88. The number of aromatic nitrogens is 4. The van der Waals surface area contributed by atoms with E-state index in [-0.39, 0.29) is 5.41 Å². The second-order valence-corrected chi connectivity index (χ2v) is 5.93. The van der Waals surface area contributed by atoms with Crippen molar-refractivity contribution in [3.63, 3.8) is 0 Å². The van der Waals surface area contributed by atoms with Crippen molar-refractivity contribution in [3.8, 4) is 11.5 Å². The molecule has 3 heterocycles. The molecule has 1 N–H and O–H groups in total. The minimum absolute atomic E-state index is 0.0784. The monoisotopic (exact) mass is 254 g/mol. The molecule has 0 aliphatic heterocycles.